The molecule has 1 aliphatic heterocycles. The van der Waals surface area contributed by atoms with Crippen LogP contribution in [0.1, 0.15) is 25.7 Å². The highest BCUT2D eigenvalue weighted by molar-refractivity contribution is 5.06. The molecule has 1 saturated heterocycles. The van der Waals surface area contributed by atoms with Gasteiger partial charge >= 0.3 is 0 Å². The molecule has 0 aromatic carbocycles. The standard InChI is InChI=1S/C9H16N/c1-10-6-2-3-9(7-10)8-4-5-8/h8H,2-7H2,1H3. The van der Waals surface area contributed by atoms with Gasteiger partial charge in [0.25, 0.3) is 0 Å². The minimum atomic E-state index is 1.04. The van der Waals surface area contributed by atoms with Gasteiger partial charge in [0.1, 0.15) is 0 Å². The van der Waals surface area contributed by atoms with Crippen molar-refractivity contribution in [1.29, 1.82) is 0 Å². The fourth-order valence-corrected chi connectivity index (χ4v) is 1.91. The van der Waals surface area contributed by atoms with Crippen LogP contribution in [-0.2, 0) is 0 Å². The quantitative estimate of drug-likeness (QED) is 0.533. The van der Waals surface area contributed by atoms with Gasteiger partial charge in [0.2, 0.25) is 0 Å². The normalized spacial score (nSPS) is 30.9. The van der Waals surface area contributed by atoms with Gasteiger partial charge in [0.05, 0.1) is 0 Å². The van der Waals surface area contributed by atoms with Gasteiger partial charge in [0.15, 0.2) is 0 Å². The second-order valence-electron chi connectivity index (χ2n) is 3.77. The van der Waals surface area contributed by atoms with Crippen molar-refractivity contribution in [3.05, 3.63) is 5.92 Å². The van der Waals surface area contributed by atoms with Crippen molar-refractivity contribution in [3.63, 3.8) is 0 Å². The molecular formula is C9H16N. The predicted molar refractivity (Wildman–Crippen MR) is 42.7 cm³/mol. The molecule has 1 aliphatic carbocycles. The minimum Gasteiger partial charge on any atom is -0.306 e. The molecule has 1 nitrogen and oxygen atoms in total. The van der Waals surface area contributed by atoms with Crippen LogP contribution in [0, 0.1) is 11.8 Å². The molecule has 0 aromatic rings. The SMILES string of the molecule is CN1CCC[C](C2CC2)C1. The molecule has 0 bridgehead atoms. The summed E-state index contributed by atoms with van der Waals surface area (Å²) >= 11 is 0. The number of rotatable bonds is 1. The van der Waals surface area contributed by atoms with Gasteiger partial charge in [0, 0.05) is 6.54 Å². The van der Waals surface area contributed by atoms with Gasteiger partial charge in [-0.3, -0.25) is 0 Å². The van der Waals surface area contributed by atoms with Gasteiger partial charge in [-0.05, 0) is 51.1 Å². The number of nitrogens with zero attached hydrogens (tertiary/aromatic N) is 1. The lowest BCUT2D eigenvalue weighted by Gasteiger charge is -2.29. The maximum Gasteiger partial charge on any atom is 0.00435 e. The molecule has 0 unspecified atom stereocenters. The molecule has 2 rings (SSSR count). The van der Waals surface area contributed by atoms with E-state index in [9.17, 15) is 0 Å². The molecule has 2 fully saturated rings. The summed E-state index contributed by atoms with van der Waals surface area (Å²) in [4.78, 5) is 2.46. The first-order chi connectivity index (χ1) is 4.86. The van der Waals surface area contributed by atoms with Gasteiger partial charge in [-0.1, -0.05) is 0 Å². The highest BCUT2D eigenvalue weighted by atomic mass is 15.1. The zero-order chi connectivity index (χ0) is 6.97. The second-order valence-corrected chi connectivity index (χ2v) is 3.77. The molecule has 0 aromatic heterocycles. The first-order valence-corrected chi connectivity index (χ1v) is 4.39. The van der Waals surface area contributed by atoms with Crippen LogP contribution < -0.4 is 0 Å². The summed E-state index contributed by atoms with van der Waals surface area (Å²) in [5.74, 6) is 2.89. The molecule has 1 saturated carbocycles. The lowest BCUT2D eigenvalue weighted by Crippen LogP contribution is -2.31. The van der Waals surface area contributed by atoms with Crippen molar-refractivity contribution < 1.29 is 0 Å². The Bertz CT molecular complexity index is 118. The van der Waals surface area contributed by atoms with Gasteiger partial charge in [-0.2, -0.15) is 0 Å². The van der Waals surface area contributed by atoms with Crippen LogP contribution in [-0.4, -0.2) is 25.0 Å². The maximum absolute atomic E-state index is 2.46. The Kier molecular flexibility index (Phi) is 1.69. The largest absolute Gasteiger partial charge is 0.306 e. The molecule has 0 amide bonds. The van der Waals surface area contributed by atoms with Gasteiger partial charge < -0.3 is 4.90 Å². The highest BCUT2D eigenvalue weighted by Crippen LogP contribution is 2.42. The molecule has 1 heteroatoms. The van der Waals surface area contributed by atoms with Crippen molar-refractivity contribution in [1.82, 2.24) is 4.90 Å². The fraction of sp³-hybridized carbons (Fsp3) is 0.889. The minimum absolute atomic E-state index is 1.04. The summed E-state index contributed by atoms with van der Waals surface area (Å²) in [5.41, 5.74) is 0. The Morgan fingerprint density at radius 1 is 1.40 bits per heavy atom. The van der Waals surface area contributed by atoms with Crippen molar-refractivity contribution in [2.45, 2.75) is 25.7 Å². The predicted octanol–water partition coefficient (Wildman–Crippen LogP) is 1.70. The molecule has 2 aliphatic rings. The summed E-state index contributed by atoms with van der Waals surface area (Å²) in [6, 6.07) is 0. The maximum atomic E-state index is 2.46. The van der Waals surface area contributed by atoms with Crippen LogP contribution in [0.3, 0.4) is 0 Å². The van der Waals surface area contributed by atoms with E-state index in [1.807, 2.05) is 5.92 Å². The molecule has 10 heavy (non-hydrogen) atoms. The third-order valence-electron chi connectivity index (χ3n) is 2.67. The van der Waals surface area contributed by atoms with Crippen molar-refractivity contribution in [3.8, 4) is 0 Å². The zero-order valence-electron chi connectivity index (χ0n) is 6.77. The van der Waals surface area contributed by atoms with E-state index in [1.54, 1.807) is 0 Å². The van der Waals surface area contributed by atoms with Crippen LogP contribution in [0.2, 0.25) is 0 Å². The Labute approximate surface area is 63.4 Å². The molecule has 0 N–H and O–H groups in total. The van der Waals surface area contributed by atoms with Crippen molar-refractivity contribution in [2.24, 2.45) is 5.92 Å². The lowest BCUT2D eigenvalue weighted by atomic mass is 9.94. The second kappa shape index (κ2) is 2.54. The van der Waals surface area contributed by atoms with Crippen LogP contribution in [0.5, 0.6) is 0 Å². The molecular weight excluding hydrogens is 122 g/mol. The number of hydrogen-bond donors (Lipinski definition) is 0. The van der Waals surface area contributed by atoms with Gasteiger partial charge in [-0.25, -0.2) is 0 Å². The van der Waals surface area contributed by atoms with E-state index in [2.05, 4.69) is 11.9 Å². The van der Waals surface area contributed by atoms with Crippen LogP contribution in [0.25, 0.3) is 0 Å². The van der Waals surface area contributed by atoms with Crippen LogP contribution in [0.4, 0.5) is 0 Å². The smallest absolute Gasteiger partial charge is 0.00435 e. The van der Waals surface area contributed by atoms with E-state index in [-0.39, 0.29) is 0 Å². The van der Waals surface area contributed by atoms with Crippen LogP contribution in [0.15, 0.2) is 0 Å². The summed E-state index contributed by atoms with van der Waals surface area (Å²) in [7, 11) is 2.24. The molecule has 57 valence electrons. The number of piperidine rings is 1. The van der Waals surface area contributed by atoms with Crippen molar-refractivity contribution in [2.75, 3.05) is 20.1 Å². The first-order valence-electron chi connectivity index (χ1n) is 4.39. The Morgan fingerprint density at radius 3 is 2.80 bits per heavy atom. The van der Waals surface area contributed by atoms with E-state index in [4.69, 9.17) is 0 Å². The van der Waals surface area contributed by atoms with Crippen LogP contribution >= 0.6 is 0 Å². The van der Waals surface area contributed by atoms with Gasteiger partial charge in [-0.15, -0.1) is 0 Å². The molecule has 1 radical (unpaired) electrons. The summed E-state index contributed by atoms with van der Waals surface area (Å²) in [6.45, 7) is 2.61. The monoisotopic (exact) mass is 138 g/mol. The fourth-order valence-electron chi connectivity index (χ4n) is 1.91. The summed E-state index contributed by atoms with van der Waals surface area (Å²) in [6.07, 6.45) is 5.81. The average molecular weight is 138 g/mol. The molecule has 0 atom stereocenters. The lowest BCUT2D eigenvalue weighted by molar-refractivity contribution is 0.284. The Balaban J connectivity index is 1.84. The molecule has 0 spiro atoms. The number of hydrogen-bond acceptors (Lipinski definition) is 1. The topological polar surface area (TPSA) is 3.24 Å². The Morgan fingerprint density at radius 2 is 2.20 bits per heavy atom. The first kappa shape index (κ1) is 6.66. The Hall–Kier alpha value is -0.0400. The average Bonchev–Trinajstić information content (AvgIpc) is 2.68. The third-order valence-corrected chi connectivity index (χ3v) is 2.67. The van der Waals surface area contributed by atoms with E-state index >= 15 is 0 Å². The van der Waals surface area contributed by atoms with E-state index in [0.717, 1.165) is 5.92 Å². The van der Waals surface area contributed by atoms with E-state index in [0.29, 0.717) is 0 Å². The summed E-state index contributed by atoms with van der Waals surface area (Å²) < 4.78 is 0. The highest BCUT2D eigenvalue weighted by Gasteiger charge is 2.33. The van der Waals surface area contributed by atoms with E-state index < -0.39 is 0 Å². The third kappa shape index (κ3) is 1.34. The number of likely N-dealkylation sites (tertiary alicyclic amines) is 1. The molecule has 1 heterocycles. The zero-order valence-corrected chi connectivity index (χ0v) is 6.77. The van der Waals surface area contributed by atoms with Crippen molar-refractivity contribution >= 4 is 0 Å². The van der Waals surface area contributed by atoms with E-state index in [1.165, 1.54) is 38.8 Å². The summed E-state index contributed by atoms with van der Waals surface area (Å²) in [5, 5.41) is 0.